The van der Waals surface area contributed by atoms with Gasteiger partial charge in [0.05, 0.1) is 17.8 Å². The Labute approximate surface area is 168 Å². The molecule has 0 saturated carbocycles. The number of nitrogens with zero attached hydrogens (tertiary/aromatic N) is 2. The summed E-state index contributed by atoms with van der Waals surface area (Å²) in [6, 6.07) is 11.0. The van der Waals surface area contributed by atoms with Crippen LogP contribution in [-0.4, -0.2) is 22.5 Å². The number of benzene rings is 2. The van der Waals surface area contributed by atoms with Gasteiger partial charge in [0.25, 0.3) is 0 Å². The molecule has 1 aliphatic heterocycles. The summed E-state index contributed by atoms with van der Waals surface area (Å²) in [5, 5.41) is 22.2. The van der Waals surface area contributed by atoms with Crippen molar-refractivity contribution in [2.24, 2.45) is 0 Å². The van der Waals surface area contributed by atoms with Gasteiger partial charge in [-0.3, -0.25) is 5.41 Å². The number of anilines is 1. The first kappa shape index (κ1) is 18.0. The molecule has 4 nitrogen and oxygen atoms in total. The van der Waals surface area contributed by atoms with E-state index in [1.54, 1.807) is 35.2 Å². The van der Waals surface area contributed by atoms with E-state index in [9.17, 15) is 9.50 Å². The van der Waals surface area contributed by atoms with Crippen molar-refractivity contribution in [2.75, 3.05) is 11.4 Å². The van der Waals surface area contributed by atoms with Gasteiger partial charge in [0.1, 0.15) is 22.4 Å². The van der Waals surface area contributed by atoms with Gasteiger partial charge in [0, 0.05) is 26.7 Å². The van der Waals surface area contributed by atoms with Gasteiger partial charge in [-0.25, -0.2) is 9.37 Å². The Hall–Kier alpha value is -2.41. The van der Waals surface area contributed by atoms with Crippen LogP contribution in [0.2, 0.25) is 10.0 Å². The first-order chi connectivity index (χ1) is 12.9. The SMILES string of the molecule is N=C1C(c2nc(-c3ccc(F)cc3)cs2)=C(O)CN1c1cc(Cl)cc(Cl)c1. The highest BCUT2D eigenvalue weighted by molar-refractivity contribution is 7.11. The summed E-state index contributed by atoms with van der Waals surface area (Å²) >= 11 is 13.4. The fourth-order valence-electron chi connectivity index (χ4n) is 2.86. The number of rotatable bonds is 3. The molecule has 0 saturated heterocycles. The van der Waals surface area contributed by atoms with Crippen molar-refractivity contribution in [2.45, 2.75) is 0 Å². The summed E-state index contributed by atoms with van der Waals surface area (Å²) < 4.78 is 13.1. The van der Waals surface area contributed by atoms with Crippen LogP contribution in [-0.2, 0) is 0 Å². The highest BCUT2D eigenvalue weighted by atomic mass is 35.5. The Kier molecular flexibility index (Phi) is 4.63. The monoisotopic (exact) mass is 419 g/mol. The van der Waals surface area contributed by atoms with Crippen molar-refractivity contribution in [1.82, 2.24) is 4.98 Å². The van der Waals surface area contributed by atoms with Gasteiger partial charge in [-0.1, -0.05) is 23.2 Å². The summed E-state index contributed by atoms with van der Waals surface area (Å²) in [7, 11) is 0. The smallest absolute Gasteiger partial charge is 0.139 e. The van der Waals surface area contributed by atoms with Crippen LogP contribution >= 0.6 is 34.5 Å². The van der Waals surface area contributed by atoms with Crippen LogP contribution in [0, 0.1) is 11.2 Å². The minimum absolute atomic E-state index is 0.0519. The lowest BCUT2D eigenvalue weighted by Gasteiger charge is -2.19. The van der Waals surface area contributed by atoms with Crippen LogP contribution in [0.15, 0.2) is 53.6 Å². The molecular weight excluding hydrogens is 408 g/mol. The van der Waals surface area contributed by atoms with Crippen molar-refractivity contribution >= 4 is 51.6 Å². The molecule has 136 valence electrons. The first-order valence-corrected chi connectivity index (χ1v) is 9.52. The molecule has 2 aromatic carbocycles. The van der Waals surface area contributed by atoms with Crippen LogP contribution in [0.3, 0.4) is 0 Å². The fraction of sp³-hybridized carbons (Fsp3) is 0.0526. The summed E-state index contributed by atoms with van der Waals surface area (Å²) in [6.07, 6.45) is 0. The zero-order valence-electron chi connectivity index (χ0n) is 13.7. The summed E-state index contributed by atoms with van der Waals surface area (Å²) in [5.74, 6) is -0.148. The number of aromatic nitrogens is 1. The van der Waals surface area contributed by atoms with E-state index in [4.69, 9.17) is 28.6 Å². The molecule has 27 heavy (non-hydrogen) atoms. The Balaban J connectivity index is 1.65. The van der Waals surface area contributed by atoms with Crippen LogP contribution in [0.5, 0.6) is 0 Å². The van der Waals surface area contributed by atoms with Crippen molar-refractivity contribution in [3.8, 4) is 11.3 Å². The molecule has 0 spiro atoms. The zero-order chi connectivity index (χ0) is 19.1. The molecule has 8 heteroatoms. The highest BCUT2D eigenvalue weighted by Crippen LogP contribution is 2.36. The van der Waals surface area contributed by atoms with Gasteiger partial charge >= 0.3 is 0 Å². The Morgan fingerprint density at radius 2 is 1.78 bits per heavy atom. The van der Waals surface area contributed by atoms with E-state index in [2.05, 4.69) is 4.98 Å². The number of amidine groups is 1. The number of hydrogen-bond acceptors (Lipinski definition) is 4. The Morgan fingerprint density at radius 1 is 1.11 bits per heavy atom. The van der Waals surface area contributed by atoms with Crippen LogP contribution in [0.1, 0.15) is 5.01 Å². The van der Waals surface area contributed by atoms with E-state index in [1.165, 1.54) is 23.5 Å². The quantitative estimate of drug-likeness (QED) is 0.545. The first-order valence-electron chi connectivity index (χ1n) is 7.89. The number of thiazole rings is 1. The number of aliphatic hydroxyl groups excluding tert-OH is 1. The van der Waals surface area contributed by atoms with E-state index >= 15 is 0 Å². The fourth-order valence-corrected chi connectivity index (χ4v) is 4.27. The van der Waals surface area contributed by atoms with Crippen LogP contribution < -0.4 is 4.90 Å². The largest absolute Gasteiger partial charge is 0.510 e. The van der Waals surface area contributed by atoms with Gasteiger partial charge in [0.15, 0.2) is 0 Å². The molecule has 0 unspecified atom stereocenters. The van der Waals surface area contributed by atoms with Crippen molar-refractivity contribution < 1.29 is 9.50 Å². The van der Waals surface area contributed by atoms with Gasteiger partial charge in [-0.15, -0.1) is 11.3 Å². The van der Waals surface area contributed by atoms with E-state index in [0.29, 0.717) is 32.0 Å². The number of aliphatic hydroxyl groups is 1. The standard InChI is InChI=1S/C19H12Cl2FN3OS/c20-11-5-12(21)7-14(6-11)25-8-16(26)17(18(25)23)19-24-15(9-27-19)10-1-3-13(22)4-2-10/h1-7,9,23,26H,8H2. The molecule has 1 aliphatic rings. The van der Waals surface area contributed by atoms with Gasteiger partial charge < -0.3 is 10.0 Å². The summed E-state index contributed by atoms with van der Waals surface area (Å²) in [4.78, 5) is 6.13. The van der Waals surface area contributed by atoms with E-state index in [0.717, 1.165) is 5.56 Å². The van der Waals surface area contributed by atoms with E-state index in [-0.39, 0.29) is 24.0 Å². The predicted molar refractivity (Wildman–Crippen MR) is 109 cm³/mol. The molecule has 0 radical (unpaired) electrons. The maximum Gasteiger partial charge on any atom is 0.139 e. The van der Waals surface area contributed by atoms with Crippen LogP contribution in [0.4, 0.5) is 10.1 Å². The third-order valence-electron chi connectivity index (χ3n) is 4.12. The highest BCUT2D eigenvalue weighted by Gasteiger charge is 2.31. The third kappa shape index (κ3) is 3.43. The molecule has 2 heterocycles. The van der Waals surface area contributed by atoms with Crippen molar-refractivity contribution in [3.05, 3.63) is 74.5 Å². The van der Waals surface area contributed by atoms with Gasteiger partial charge in [0.2, 0.25) is 0 Å². The molecule has 1 aromatic heterocycles. The number of hydrogen-bond donors (Lipinski definition) is 2. The second kappa shape index (κ2) is 6.96. The van der Waals surface area contributed by atoms with Crippen molar-refractivity contribution in [3.63, 3.8) is 0 Å². The topological polar surface area (TPSA) is 60.2 Å². The molecule has 0 atom stereocenters. The lowest BCUT2D eigenvalue weighted by molar-refractivity contribution is 0.411. The molecule has 0 amide bonds. The van der Waals surface area contributed by atoms with E-state index < -0.39 is 0 Å². The predicted octanol–water partition coefficient (Wildman–Crippen LogP) is 6.02. The second-order valence-electron chi connectivity index (χ2n) is 5.93. The second-order valence-corrected chi connectivity index (χ2v) is 7.66. The Bertz CT molecular complexity index is 1060. The van der Waals surface area contributed by atoms with Crippen LogP contribution in [0.25, 0.3) is 16.8 Å². The minimum Gasteiger partial charge on any atom is -0.510 e. The third-order valence-corrected chi connectivity index (χ3v) is 5.42. The summed E-state index contributed by atoms with van der Waals surface area (Å²) in [5.41, 5.74) is 2.41. The molecular formula is C19H12Cl2FN3OS. The lowest BCUT2D eigenvalue weighted by Crippen LogP contribution is -2.26. The molecule has 0 fully saturated rings. The minimum atomic E-state index is -0.317. The molecule has 3 aromatic rings. The molecule has 0 bridgehead atoms. The lowest BCUT2D eigenvalue weighted by atomic mass is 10.2. The average Bonchev–Trinajstić information content (AvgIpc) is 3.19. The maximum absolute atomic E-state index is 13.1. The Morgan fingerprint density at radius 3 is 2.44 bits per heavy atom. The molecule has 4 rings (SSSR count). The summed E-state index contributed by atoms with van der Waals surface area (Å²) in [6.45, 7) is 0.135. The normalized spacial score (nSPS) is 14.3. The average molecular weight is 420 g/mol. The molecule has 2 N–H and O–H groups in total. The molecule has 0 aliphatic carbocycles. The van der Waals surface area contributed by atoms with E-state index in [1.807, 2.05) is 5.38 Å². The van der Waals surface area contributed by atoms with Gasteiger partial charge in [-0.05, 0) is 42.5 Å². The number of nitrogens with one attached hydrogen (secondary N) is 1. The maximum atomic E-state index is 13.1. The number of halogens is 3. The zero-order valence-corrected chi connectivity index (χ0v) is 16.0. The van der Waals surface area contributed by atoms with Gasteiger partial charge in [-0.2, -0.15) is 0 Å². The van der Waals surface area contributed by atoms with Crippen molar-refractivity contribution in [1.29, 1.82) is 5.41 Å².